The molecule has 1 aliphatic rings. The molecule has 1 aromatic heterocycles. The third kappa shape index (κ3) is 3.72. The van der Waals surface area contributed by atoms with E-state index >= 15 is 0 Å². The van der Waals surface area contributed by atoms with Crippen molar-refractivity contribution in [2.24, 2.45) is 0 Å². The molecule has 0 aliphatic carbocycles. The largest absolute Gasteiger partial charge is 0.370 e. The zero-order chi connectivity index (χ0) is 18.8. The van der Waals surface area contributed by atoms with Crippen LogP contribution in [-0.2, 0) is 4.74 Å². The summed E-state index contributed by atoms with van der Waals surface area (Å²) in [4.78, 5) is 14.6. The number of carbonyl (C=O) groups is 1. The van der Waals surface area contributed by atoms with Gasteiger partial charge in [-0.25, -0.2) is 4.39 Å². The number of hydrogen-bond donors (Lipinski definition) is 1. The summed E-state index contributed by atoms with van der Waals surface area (Å²) < 4.78 is 18.9. The Morgan fingerprint density at radius 3 is 2.78 bits per heavy atom. The normalized spacial score (nSPS) is 17.1. The van der Waals surface area contributed by atoms with Crippen LogP contribution in [0.3, 0.4) is 0 Å². The van der Waals surface area contributed by atoms with E-state index in [1.165, 1.54) is 12.1 Å². The van der Waals surface area contributed by atoms with Gasteiger partial charge in [0.05, 0.1) is 23.9 Å². The molecule has 4 rings (SSSR count). The third-order valence-corrected chi connectivity index (χ3v) is 4.88. The number of hydrogen-bond acceptors (Lipinski definition) is 3. The summed E-state index contributed by atoms with van der Waals surface area (Å²) in [5.41, 5.74) is 2.62. The van der Waals surface area contributed by atoms with Crippen molar-refractivity contribution in [3.05, 3.63) is 76.7 Å². The summed E-state index contributed by atoms with van der Waals surface area (Å²) in [7, 11) is 0. The zero-order valence-electron chi connectivity index (χ0n) is 14.4. The van der Waals surface area contributed by atoms with Gasteiger partial charge in [0.15, 0.2) is 0 Å². The second kappa shape index (κ2) is 7.50. The first kappa shape index (κ1) is 17.7. The fraction of sp³-hybridized carbons (Fsp3) is 0.200. The first-order valence-electron chi connectivity index (χ1n) is 8.58. The fourth-order valence-corrected chi connectivity index (χ4v) is 3.35. The molecule has 0 bridgehead atoms. The number of nitrogens with one attached hydrogen (secondary N) is 1. The highest BCUT2D eigenvalue weighted by Crippen LogP contribution is 2.27. The van der Waals surface area contributed by atoms with Gasteiger partial charge >= 0.3 is 0 Å². The summed E-state index contributed by atoms with van der Waals surface area (Å²) >= 11 is 6.20. The minimum atomic E-state index is -0.299. The molecule has 0 radical (unpaired) electrons. The average molecular weight is 386 g/mol. The number of halogens is 2. The van der Waals surface area contributed by atoms with Crippen LogP contribution in [0.1, 0.15) is 22.2 Å². The summed E-state index contributed by atoms with van der Waals surface area (Å²) in [6.07, 6.45) is -0.283. The van der Waals surface area contributed by atoms with E-state index < -0.39 is 0 Å². The summed E-state index contributed by atoms with van der Waals surface area (Å²) in [6, 6.07) is 15.2. The maximum atomic E-state index is 13.1. The highest BCUT2D eigenvalue weighted by molar-refractivity contribution is 6.33. The lowest BCUT2D eigenvalue weighted by Crippen LogP contribution is -2.42. The van der Waals surface area contributed by atoms with Gasteiger partial charge in [-0.3, -0.25) is 9.89 Å². The van der Waals surface area contributed by atoms with Crippen LogP contribution in [0.15, 0.2) is 54.6 Å². The number of benzene rings is 2. The number of amides is 1. The lowest BCUT2D eigenvalue weighted by molar-refractivity contribution is -0.0230. The van der Waals surface area contributed by atoms with E-state index in [0.717, 1.165) is 11.1 Å². The highest BCUT2D eigenvalue weighted by atomic mass is 35.5. The molecule has 138 valence electrons. The van der Waals surface area contributed by atoms with E-state index in [4.69, 9.17) is 16.3 Å². The van der Waals surface area contributed by atoms with Crippen LogP contribution >= 0.6 is 11.6 Å². The van der Waals surface area contributed by atoms with Crippen molar-refractivity contribution >= 4 is 17.5 Å². The standard InChI is InChI=1S/C20H17ClFN3O2/c21-16-4-2-1-3-15(16)17-11-18(24-23-17)20(26)25-9-10-27-19(12-25)13-5-7-14(22)8-6-13/h1-8,11,19H,9-10,12H2,(H,23,24)/t19-/m1/s1. The molecule has 2 heterocycles. The average Bonchev–Trinajstić information content (AvgIpc) is 3.18. The van der Waals surface area contributed by atoms with Gasteiger partial charge in [-0.15, -0.1) is 0 Å². The van der Waals surface area contributed by atoms with Crippen molar-refractivity contribution in [1.29, 1.82) is 0 Å². The Kier molecular flexibility index (Phi) is 4.92. The summed E-state index contributed by atoms with van der Waals surface area (Å²) in [6.45, 7) is 1.29. The molecule has 2 aromatic carbocycles. The van der Waals surface area contributed by atoms with Crippen LogP contribution in [0.5, 0.6) is 0 Å². The first-order chi connectivity index (χ1) is 13.1. The molecule has 0 unspecified atom stereocenters. The topological polar surface area (TPSA) is 58.2 Å². The van der Waals surface area contributed by atoms with Gasteiger partial charge < -0.3 is 9.64 Å². The van der Waals surface area contributed by atoms with Crippen LogP contribution in [0.2, 0.25) is 5.02 Å². The van der Waals surface area contributed by atoms with Crippen molar-refractivity contribution in [3.63, 3.8) is 0 Å². The van der Waals surface area contributed by atoms with Crippen molar-refractivity contribution in [1.82, 2.24) is 15.1 Å². The van der Waals surface area contributed by atoms with Crippen molar-refractivity contribution in [3.8, 4) is 11.3 Å². The number of carbonyl (C=O) groups excluding carboxylic acids is 1. The molecule has 27 heavy (non-hydrogen) atoms. The Balaban J connectivity index is 1.51. The van der Waals surface area contributed by atoms with Gasteiger partial charge in [-0.05, 0) is 29.8 Å². The molecular weight excluding hydrogens is 369 g/mol. The SMILES string of the molecule is O=C(c1cc(-c2ccccc2Cl)n[nH]1)N1CCO[C@@H](c2ccc(F)cc2)C1. The number of nitrogens with zero attached hydrogens (tertiary/aromatic N) is 2. The molecule has 1 N–H and O–H groups in total. The second-order valence-electron chi connectivity index (χ2n) is 6.31. The van der Waals surface area contributed by atoms with Gasteiger partial charge in [0, 0.05) is 12.1 Å². The molecule has 5 nitrogen and oxygen atoms in total. The molecular formula is C20H17ClFN3O2. The van der Waals surface area contributed by atoms with Gasteiger partial charge in [0.25, 0.3) is 5.91 Å². The van der Waals surface area contributed by atoms with Crippen LogP contribution in [0, 0.1) is 5.82 Å². The highest BCUT2D eigenvalue weighted by Gasteiger charge is 2.27. The molecule has 0 spiro atoms. The number of rotatable bonds is 3. The maximum absolute atomic E-state index is 13.1. The molecule has 1 saturated heterocycles. The Labute approximate surface area is 160 Å². The van der Waals surface area contributed by atoms with E-state index in [9.17, 15) is 9.18 Å². The predicted molar refractivity (Wildman–Crippen MR) is 100 cm³/mol. The van der Waals surface area contributed by atoms with E-state index in [1.807, 2.05) is 18.2 Å². The van der Waals surface area contributed by atoms with E-state index in [2.05, 4.69) is 10.2 Å². The quantitative estimate of drug-likeness (QED) is 0.739. The van der Waals surface area contributed by atoms with Crippen molar-refractivity contribution < 1.29 is 13.9 Å². The van der Waals surface area contributed by atoms with Gasteiger partial charge in [0.1, 0.15) is 17.6 Å². The van der Waals surface area contributed by atoms with Gasteiger partial charge in [-0.1, -0.05) is 41.9 Å². The molecule has 7 heteroatoms. The predicted octanol–water partition coefficient (Wildman–Crippen LogP) is 4.08. The summed E-state index contributed by atoms with van der Waals surface area (Å²) in [5, 5.41) is 7.60. The minimum absolute atomic E-state index is 0.156. The van der Waals surface area contributed by atoms with Gasteiger partial charge in [0.2, 0.25) is 0 Å². The lowest BCUT2D eigenvalue weighted by atomic mass is 10.1. The molecule has 1 atom stereocenters. The number of morpholine rings is 1. The van der Waals surface area contributed by atoms with Crippen LogP contribution in [0.25, 0.3) is 11.3 Å². The Hall–Kier alpha value is -2.70. The fourth-order valence-electron chi connectivity index (χ4n) is 3.12. The smallest absolute Gasteiger partial charge is 0.272 e. The van der Waals surface area contributed by atoms with Crippen LogP contribution in [-0.4, -0.2) is 40.7 Å². The molecule has 1 aliphatic heterocycles. The summed E-state index contributed by atoms with van der Waals surface area (Å²) in [5.74, 6) is -0.455. The number of ether oxygens (including phenoxy) is 1. The minimum Gasteiger partial charge on any atom is -0.370 e. The van der Waals surface area contributed by atoms with E-state index in [0.29, 0.717) is 36.1 Å². The monoisotopic (exact) mass is 385 g/mol. The molecule has 1 fully saturated rings. The van der Waals surface area contributed by atoms with Crippen LogP contribution in [0.4, 0.5) is 4.39 Å². The Bertz CT molecular complexity index is 958. The number of H-pyrrole nitrogens is 1. The third-order valence-electron chi connectivity index (χ3n) is 4.55. The van der Waals surface area contributed by atoms with Crippen molar-refractivity contribution in [2.45, 2.75) is 6.10 Å². The Morgan fingerprint density at radius 2 is 2.00 bits per heavy atom. The lowest BCUT2D eigenvalue weighted by Gasteiger charge is -2.32. The molecule has 0 saturated carbocycles. The molecule has 3 aromatic rings. The van der Waals surface area contributed by atoms with Crippen molar-refractivity contribution in [2.75, 3.05) is 19.7 Å². The molecule has 1 amide bonds. The Morgan fingerprint density at radius 1 is 1.22 bits per heavy atom. The van der Waals surface area contributed by atoms with Crippen LogP contribution < -0.4 is 0 Å². The second-order valence-corrected chi connectivity index (χ2v) is 6.72. The maximum Gasteiger partial charge on any atom is 0.272 e. The number of aromatic amines is 1. The van der Waals surface area contributed by atoms with E-state index in [1.54, 1.807) is 29.2 Å². The number of aromatic nitrogens is 2. The zero-order valence-corrected chi connectivity index (χ0v) is 15.1. The first-order valence-corrected chi connectivity index (χ1v) is 8.96. The van der Waals surface area contributed by atoms with E-state index in [-0.39, 0.29) is 17.8 Å². The van der Waals surface area contributed by atoms with Gasteiger partial charge in [-0.2, -0.15) is 5.10 Å².